The summed E-state index contributed by atoms with van der Waals surface area (Å²) in [6, 6.07) is 0.429. The maximum absolute atomic E-state index is 12.9. The van der Waals surface area contributed by atoms with E-state index in [-0.39, 0.29) is 39.0 Å². The van der Waals surface area contributed by atoms with E-state index < -0.39 is 41.0 Å². The van der Waals surface area contributed by atoms with Crippen LogP contribution in [0.3, 0.4) is 0 Å². The summed E-state index contributed by atoms with van der Waals surface area (Å²) in [4.78, 5) is 55.4. The Labute approximate surface area is 232 Å². The molecule has 0 spiro atoms. The molecule has 0 aromatic carbocycles. The number of nitrogens with zero attached hydrogens (tertiary/aromatic N) is 5. The fourth-order valence-electron chi connectivity index (χ4n) is 3.57. The SMILES string of the molecule is CN(C)C(=O)OCc1cc(/C=C/C2=C(C(=O)O)N3C(=O)[C@@H](NC(=O)/C(=N\O)c4nc(N)sc4Cl)[C@H]3SC2)on1. The first-order valence-corrected chi connectivity index (χ1v) is 13.1. The van der Waals surface area contributed by atoms with Crippen LogP contribution in [-0.4, -0.2) is 91.1 Å². The molecule has 18 heteroatoms. The van der Waals surface area contributed by atoms with E-state index in [0.717, 1.165) is 16.2 Å². The van der Waals surface area contributed by atoms with Crippen LogP contribution in [0.4, 0.5) is 9.93 Å². The average molecular weight is 598 g/mol. The van der Waals surface area contributed by atoms with Gasteiger partial charge in [0.1, 0.15) is 39.4 Å². The molecule has 15 nitrogen and oxygen atoms in total. The van der Waals surface area contributed by atoms with Gasteiger partial charge in [0.25, 0.3) is 11.8 Å². The number of β-lactam (4-membered cyclic amide) rings is 1. The summed E-state index contributed by atoms with van der Waals surface area (Å²) < 4.78 is 10.2. The lowest BCUT2D eigenvalue weighted by molar-refractivity contribution is -0.150. The molecule has 5 N–H and O–H groups in total. The van der Waals surface area contributed by atoms with E-state index in [1.807, 2.05) is 0 Å². The van der Waals surface area contributed by atoms with Crippen LogP contribution in [0.1, 0.15) is 17.1 Å². The minimum atomic E-state index is -1.34. The Morgan fingerprint density at radius 1 is 1.41 bits per heavy atom. The molecule has 0 radical (unpaired) electrons. The first kappa shape index (κ1) is 27.9. The second-order valence-corrected chi connectivity index (χ2v) is 10.9. The molecular formula is C21H20ClN7O8S2. The van der Waals surface area contributed by atoms with E-state index in [2.05, 4.69) is 20.6 Å². The number of nitrogens with one attached hydrogen (secondary N) is 1. The van der Waals surface area contributed by atoms with Crippen molar-refractivity contribution in [3.63, 3.8) is 0 Å². The predicted octanol–water partition coefficient (Wildman–Crippen LogP) is 1.20. The zero-order valence-electron chi connectivity index (χ0n) is 20.2. The Hall–Kier alpha value is -4.09. The van der Waals surface area contributed by atoms with E-state index in [4.69, 9.17) is 26.6 Å². The van der Waals surface area contributed by atoms with Gasteiger partial charge in [-0.05, 0) is 11.6 Å². The van der Waals surface area contributed by atoms with Crippen LogP contribution in [0.15, 0.2) is 33.1 Å². The largest absolute Gasteiger partial charge is 0.477 e. The number of aliphatic carboxylic acids is 1. The average Bonchev–Trinajstić information content (AvgIpc) is 3.49. The Bertz CT molecular complexity index is 1430. The molecule has 2 aromatic heterocycles. The number of carboxylic acids is 1. The molecule has 4 heterocycles. The highest BCUT2D eigenvalue weighted by molar-refractivity contribution is 8.00. The normalized spacial score (nSPS) is 19.1. The minimum Gasteiger partial charge on any atom is -0.477 e. The van der Waals surface area contributed by atoms with Gasteiger partial charge in [0.2, 0.25) is 0 Å². The molecule has 4 rings (SSSR count). The standard InChI is InChI=1S/C21H20ClN7O8S2/c1-28(2)21(34)36-6-9-5-10(37-27-9)4-3-8-7-38-18-13(17(31)29(18)14(8)19(32)33)24-16(30)12(26-35)11-15(22)39-20(23)25-11/h3-5,13,18,35H,6-7H2,1-2H3,(H2,23,25)(H,24,30)(H,32,33)/b4-3+,26-12-/t13-,18-/m1/s1. The van der Waals surface area contributed by atoms with Crippen molar-refractivity contribution >= 4 is 75.5 Å². The molecule has 39 heavy (non-hydrogen) atoms. The maximum atomic E-state index is 12.9. The lowest BCUT2D eigenvalue weighted by Crippen LogP contribution is -2.71. The Morgan fingerprint density at radius 3 is 2.77 bits per heavy atom. The van der Waals surface area contributed by atoms with Gasteiger partial charge in [-0.2, -0.15) is 0 Å². The highest BCUT2D eigenvalue weighted by atomic mass is 35.5. The smallest absolute Gasteiger partial charge is 0.409 e. The molecule has 206 valence electrons. The predicted molar refractivity (Wildman–Crippen MR) is 139 cm³/mol. The summed E-state index contributed by atoms with van der Waals surface area (Å²) in [6.45, 7) is -0.116. The number of carbonyl (C=O) groups excluding carboxylic acids is 3. The molecule has 0 saturated carbocycles. The number of fused-ring (bicyclic) bond motifs is 1. The summed E-state index contributed by atoms with van der Waals surface area (Å²) in [5.74, 6) is -2.49. The van der Waals surface area contributed by atoms with Crippen LogP contribution >= 0.6 is 34.7 Å². The number of rotatable bonds is 8. The molecule has 2 atom stereocenters. The number of hydrogen-bond donors (Lipinski definition) is 4. The van der Waals surface area contributed by atoms with E-state index >= 15 is 0 Å². The van der Waals surface area contributed by atoms with Crippen molar-refractivity contribution in [3.05, 3.63) is 44.9 Å². The summed E-state index contributed by atoms with van der Waals surface area (Å²) in [5.41, 5.74) is 5.29. The van der Waals surface area contributed by atoms with Crippen LogP contribution in [0, 0.1) is 0 Å². The van der Waals surface area contributed by atoms with E-state index in [1.165, 1.54) is 49.0 Å². The van der Waals surface area contributed by atoms with Crippen molar-refractivity contribution in [2.24, 2.45) is 5.16 Å². The lowest BCUT2D eigenvalue weighted by atomic mass is 10.0. The fourth-order valence-corrected chi connectivity index (χ4v) is 5.81. The monoisotopic (exact) mass is 597 g/mol. The Balaban J connectivity index is 1.46. The number of nitrogens with two attached hydrogens (primary N) is 1. The summed E-state index contributed by atoms with van der Waals surface area (Å²) >= 11 is 8.08. The van der Waals surface area contributed by atoms with Crippen LogP contribution in [0.25, 0.3) is 6.08 Å². The lowest BCUT2D eigenvalue weighted by Gasteiger charge is -2.49. The third-order valence-electron chi connectivity index (χ3n) is 5.36. The number of nitrogen functional groups attached to an aromatic ring is 1. The molecule has 2 aliphatic rings. The molecule has 0 aliphatic carbocycles. The molecule has 2 aliphatic heterocycles. The Kier molecular flexibility index (Phi) is 8.12. The second kappa shape index (κ2) is 11.3. The van der Waals surface area contributed by atoms with Gasteiger partial charge < -0.3 is 35.5 Å². The fraction of sp³-hybridized carbons (Fsp3) is 0.286. The zero-order chi connectivity index (χ0) is 28.4. The van der Waals surface area contributed by atoms with Gasteiger partial charge in [-0.3, -0.25) is 14.5 Å². The van der Waals surface area contributed by atoms with E-state index in [1.54, 1.807) is 0 Å². The van der Waals surface area contributed by atoms with Gasteiger partial charge in [0, 0.05) is 25.9 Å². The number of halogens is 1. The highest BCUT2D eigenvalue weighted by Gasteiger charge is 2.54. The van der Waals surface area contributed by atoms with Crippen molar-refractivity contribution in [1.82, 2.24) is 25.3 Å². The molecule has 1 saturated heterocycles. The van der Waals surface area contributed by atoms with Gasteiger partial charge in [0.15, 0.2) is 16.6 Å². The maximum Gasteiger partial charge on any atom is 0.409 e. The Morgan fingerprint density at radius 2 is 2.15 bits per heavy atom. The molecule has 0 bridgehead atoms. The molecule has 2 aromatic rings. The van der Waals surface area contributed by atoms with Crippen LogP contribution in [0.5, 0.6) is 0 Å². The molecule has 3 amide bonds. The number of thioether (sulfide) groups is 1. The molecule has 0 unspecified atom stereocenters. The number of allylic oxidation sites excluding steroid dienone is 1. The van der Waals surface area contributed by atoms with Crippen molar-refractivity contribution < 1.29 is 38.8 Å². The van der Waals surface area contributed by atoms with Gasteiger partial charge in [-0.25, -0.2) is 14.6 Å². The number of carbonyl (C=O) groups is 4. The van der Waals surface area contributed by atoms with Gasteiger partial charge in [0.05, 0.1) is 0 Å². The summed E-state index contributed by atoms with van der Waals surface area (Å²) in [6.07, 6.45) is 2.40. The molecular weight excluding hydrogens is 578 g/mol. The summed E-state index contributed by atoms with van der Waals surface area (Å²) in [7, 11) is 3.07. The van der Waals surface area contributed by atoms with Crippen LogP contribution in [-0.2, 0) is 25.7 Å². The number of oxime groups is 1. The first-order valence-electron chi connectivity index (χ1n) is 10.9. The number of aromatic nitrogens is 2. The number of hydrogen-bond acceptors (Lipinski definition) is 13. The van der Waals surface area contributed by atoms with Gasteiger partial charge in [-0.15, -0.1) is 11.8 Å². The highest BCUT2D eigenvalue weighted by Crippen LogP contribution is 2.41. The summed E-state index contributed by atoms with van der Waals surface area (Å²) in [5, 5.41) is 27.7. The topological polar surface area (TPSA) is 214 Å². The van der Waals surface area contributed by atoms with E-state index in [9.17, 15) is 29.5 Å². The number of thiazole rings is 1. The number of amides is 3. The molecule has 1 fully saturated rings. The van der Waals surface area contributed by atoms with Gasteiger partial charge in [-0.1, -0.05) is 39.3 Å². The van der Waals surface area contributed by atoms with Crippen molar-refractivity contribution in [2.75, 3.05) is 25.6 Å². The first-order chi connectivity index (χ1) is 18.5. The van der Waals surface area contributed by atoms with Crippen LogP contribution < -0.4 is 11.1 Å². The second-order valence-electron chi connectivity index (χ2n) is 8.17. The van der Waals surface area contributed by atoms with Crippen LogP contribution in [0.2, 0.25) is 4.34 Å². The number of anilines is 1. The quantitative estimate of drug-likeness (QED) is 0.146. The third kappa shape index (κ3) is 5.69. The van der Waals surface area contributed by atoms with E-state index in [0.29, 0.717) is 11.3 Å². The number of carboxylic acid groups (broad SMARTS) is 1. The minimum absolute atomic E-state index is 0.0186. The van der Waals surface area contributed by atoms with Crippen molar-refractivity contribution in [3.8, 4) is 0 Å². The third-order valence-corrected chi connectivity index (χ3v) is 7.75. The van der Waals surface area contributed by atoms with Gasteiger partial charge >= 0.3 is 12.1 Å². The number of ether oxygens (including phenoxy) is 1. The zero-order valence-corrected chi connectivity index (χ0v) is 22.5. The van der Waals surface area contributed by atoms with Crippen molar-refractivity contribution in [1.29, 1.82) is 0 Å². The van der Waals surface area contributed by atoms with Crippen molar-refractivity contribution in [2.45, 2.75) is 18.0 Å².